The highest BCUT2D eigenvalue weighted by atomic mass is 16.4. The molecule has 0 bridgehead atoms. The van der Waals surface area contributed by atoms with Crippen LogP contribution in [0.25, 0.3) is 0 Å². The zero-order valence-corrected chi connectivity index (χ0v) is 13.1. The Bertz CT molecular complexity index is 703. The molecular formula is C16H20N4O2. The van der Waals surface area contributed by atoms with Crippen LogP contribution in [-0.4, -0.2) is 36.8 Å². The summed E-state index contributed by atoms with van der Waals surface area (Å²) < 4.78 is 1.90. The van der Waals surface area contributed by atoms with Crippen molar-refractivity contribution in [3.05, 3.63) is 46.5 Å². The Hall–Kier alpha value is -2.21. The normalized spacial score (nSPS) is 18.2. The fourth-order valence-electron chi connectivity index (χ4n) is 3.15. The van der Waals surface area contributed by atoms with Crippen LogP contribution in [0.15, 0.2) is 18.2 Å². The number of carbonyl (C=O) groups is 1. The van der Waals surface area contributed by atoms with E-state index in [0.29, 0.717) is 19.6 Å². The Morgan fingerprint density at radius 2 is 1.91 bits per heavy atom. The molecule has 22 heavy (non-hydrogen) atoms. The number of benzene rings is 1. The summed E-state index contributed by atoms with van der Waals surface area (Å²) in [6.07, 6.45) is 0. The number of hydrogen-bond acceptors (Lipinski definition) is 4. The monoisotopic (exact) mass is 300 g/mol. The van der Waals surface area contributed by atoms with E-state index in [2.05, 4.69) is 42.2 Å². The average Bonchev–Trinajstić information content (AvgIpc) is 2.77. The van der Waals surface area contributed by atoms with Crippen LogP contribution < -0.4 is 0 Å². The molecule has 0 saturated heterocycles. The van der Waals surface area contributed by atoms with Crippen LogP contribution in [-0.2, 0) is 24.4 Å². The third-order valence-corrected chi connectivity index (χ3v) is 4.11. The van der Waals surface area contributed by atoms with Crippen molar-refractivity contribution < 1.29 is 9.90 Å². The minimum absolute atomic E-state index is 0.397. The molecule has 6 nitrogen and oxygen atoms in total. The molecule has 2 aromatic rings. The highest BCUT2D eigenvalue weighted by molar-refractivity contribution is 5.73. The van der Waals surface area contributed by atoms with E-state index >= 15 is 0 Å². The molecule has 2 heterocycles. The lowest BCUT2D eigenvalue weighted by molar-refractivity contribution is -0.145. The topological polar surface area (TPSA) is 71.2 Å². The van der Waals surface area contributed by atoms with Crippen molar-refractivity contribution in [1.82, 2.24) is 19.7 Å². The van der Waals surface area contributed by atoms with E-state index in [1.165, 1.54) is 11.1 Å². The van der Waals surface area contributed by atoms with Gasteiger partial charge in [-0.15, -0.1) is 10.2 Å². The molecule has 1 aliphatic rings. The molecule has 6 heteroatoms. The van der Waals surface area contributed by atoms with E-state index in [9.17, 15) is 9.90 Å². The lowest BCUT2D eigenvalue weighted by Crippen LogP contribution is -2.47. The van der Waals surface area contributed by atoms with Crippen molar-refractivity contribution in [2.24, 2.45) is 0 Å². The average molecular weight is 300 g/mol. The van der Waals surface area contributed by atoms with E-state index in [-0.39, 0.29) is 0 Å². The van der Waals surface area contributed by atoms with Crippen LogP contribution in [0.4, 0.5) is 0 Å². The molecule has 1 aliphatic heterocycles. The summed E-state index contributed by atoms with van der Waals surface area (Å²) >= 11 is 0. The fraction of sp³-hybridized carbons (Fsp3) is 0.438. The number of hydrogen-bond donors (Lipinski definition) is 1. The van der Waals surface area contributed by atoms with Gasteiger partial charge < -0.3 is 9.67 Å². The predicted octanol–water partition coefficient (Wildman–Crippen LogP) is 1.67. The number of fused-ring (bicyclic) bond motifs is 1. The zero-order chi connectivity index (χ0) is 15.9. The second-order valence-corrected chi connectivity index (χ2v) is 6.03. The third kappa shape index (κ3) is 2.74. The number of rotatable bonds is 3. The van der Waals surface area contributed by atoms with Crippen molar-refractivity contribution in [2.75, 3.05) is 0 Å². The first-order chi connectivity index (χ1) is 10.4. The van der Waals surface area contributed by atoms with Gasteiger partial charge in [-0.2, -0.15) is 0 Å². The van der Waals surface area contributed by atoms with Gasteiger partial charge in [0, 0.05) is 6.54 Å². The molecule has 1 aromatic carbocycles. The van der Waals surface area contributed by atoms with Crippen LogP contribution in [0, 0.1) is 20.8 Å². The number of carboxylic acid groups (broad SMARTS) is 1. The first-order valence-electron chi connectivity index (χ1n) is 7.37. The number of nitrogens with zero attached hydrogens (tertiary/aromatic N) is 4. The molecule has 0 saturated carbocycles. The van der Waals surface area contributed by atoms with Crippen LogP contribution >= 0.6 is 0 Å². The molecule has 0 aliphatic carbocycles. The highest BCUT2D eigenvalue weighted by Gasteiger charge is 2.33. The zero-order valence-electron chi connectivity index (χ0n) is 13.1. The Balaban J connectivity index is 1.89. The molecule has 0 radical (unpaired) electrons. The lowest BCUT2D eigenvalue weighted by atomic mass is 10.1. The molecule has 1 atom stereocenters. The van der Waals surface area contributed by atoms with Gasteiger partial charge in [-0.3, -0.25) is 9.69 Å². The van der Waals surface area contributed by atoms with Crippen molar-refractivity contribution in [3.8, 4) is 0 Å². The molecule has 116 valence electrons. The van der Waals surface area contributed by atoms with Crippen LogP contribution in [0.1, 0.15) is 28.3 Å². The summed E-state index contributed by atoms with van der Waals surface area (Å²) in [6.45, 7) is 7.47. The van der Waals surface area contributed by atoms with E-state index in [1.807, 2.05) is 16.4 Å². The summed E-state index contributed by atoms with van der Waals surface area (Å²) in [5, 5.41) is 17.8. The maximum atomic E-state index is 11.6. The Kier molecular flexibility index (Phi) is 3.70. The van der Waals surface area contributed by atoms with Gasteiger partial charge in [0.2, 0.25) is 0 Å². The molecule has 0 spiro atoms. The van der Waals surface area contributed by atoms with Crippen LogP contribution in [0.2, 0.25) is 0 Å². The van der Waals surface area contributed by atoms with Gasteiger partial charge in [0.15, 0.2) is 0 Å². The second kappa shape index (κ2) is 5.53. The molecule has 1 unspecified atom stereocenters. The number of carboxylic acids is 1. The SMILES string of the molecule is Cc1cc(C)cc(CN2Cc3nnc(C)n3CC2C(=O)O)c1. The summed E-state index contributed by atoms with van der Waals surface area (Å²) in [5.74, 6) is 0.801. The van der Waals surface area contributed by atoms with Gasteiger partial charge in [-0.1, -0.05) is 29.3 Å². The van der Waals surface area contributed by atoms with Crippen LogP contribution in [0.3, 0.4) is 0 Å². The summed E-state index contributed by atoms with van der Waals surface area (Å²) in [5.41, 5.74) is 3.52. The maximum absolute atomic E-state index is 11.6. The Morgan fingerprint density at radius 3 is 2.55 bits per heavy atom. The standard InChI is InChI=1S/C16H20N4O2/c1-10-4-11(2)6-13(5-10)7-19-9-15-18-17-12(3)20(15)8-14(19)16(21)22/h4-6,14H,7-9H2,1-3H3,(H,21,22). The molecule has 1 N–H and O–H groups in total. The predicted molar refractivity (Wildman–Crippen MR) is 81.3 cm³/mol. The molecule has 0 amide bonds. The minimum Gasteiger partial charge on any atom is -0.480 e. The molecular weight excluding hydrogens is 280 g/mol. The van der Waals surface area contributed by atoms with Crippen LogP contribution in [0.5, 0.6) is 0 Å². The van der Waals surface area contributed by atoms with Crippen molar-refractivity contribution >= 4 is 5.97 Å². The first kappa shape index (κ1) is 14.7. The minimum atomic E-state index is -0.803. The second-order valence-electron chi connectivity index (χ2n) is 6.03. The van der Waals surface area contributed by atoms with Gasteiger partial charge in [0.25, 0.3) is 0 Å². The van der Waals surface area contributed by atoms with E-state index in [1.54, 1.807) is 0 Å². The highest BCUT2D eigenvalue weighted by Crippen LogP contribution is 2.21. The first-order valence-corrected chi connectivity index (χ1v) is 7.37. The summed E-state index contributed by atoms with van der Waals surface area (Å²) in [6, 6.07) is 5.78. The quantitative estimate of drug-likeness (QED) is 0.933. The third-order valence-electron chi connectivity index (χ3n) is 4.11. The van der Waals surface area contributed by atoms with Gasteiger partial charge in [-0.25, -0.2) is 0 Å². The maximum Gasteiger partial charge on any atom is 0.322 e. The molecule has 1 aromatic heterocycles. The number of aliphatic carboxylic acids is 1. The van der Waals surface area contributed by atoms with Crippen molar-refractivity contribution in [3.63, 3.8) is 0 Å². The van der Waals surface area contributed by atoms with E-state index in [0.717, 1.165) is 17.2 Å². The Labute approximate surface area is 129 Å². The van der Waals surface area contributed by atoms with Crippen molar-refractivity contribution in [1.29, 1.82) is 0 Å². The fourth-order valence-corrected chi connectivity index (χ4v) is 3.15. The summed E-state index contributed by atoms with van der Waals surface area (Å²) in [4.78, 5) is 13.6. The van der Waals surface area contributed by atoms with E-state index in [4.69, 9.17) is 0 Å². The molecule has 3 rings (SSSR count). The number of aromatic nitrogens is 3. The van der Waals surface area contributed by atoms with Gasteiger partial charge >= 0.3 is 5.97 Å². The summed E-state index contributed by atoms with van der Waals surface area (Å²) in [7, 11) is 0. The van der Waals surface area contributed by atoms with E-state index < -0.39 is 12.0 Å². The Morgan fingerprint density at radius 1 is 1.23 bits per heavy atom. The van der Waals surface area contributed by atoms with Crippen molar-refractivity contribution in [2.45, 2.75) is 46.4 Å². The smallest absolute Gasteiger partial charge is 0.322 e. The largest absolute Gasteiger partial charge is 0.480 e. The number of aryl methyl sites for hydroxylation is 3. The van der Waals surface area contributed by atoms with Gasteiger partial charge in [-0.05, 0) is 26.3 Å². The van der Waals surface area contributed by atoms with Gasteiger partial charge in [0.05, 0.1) is 13.1 Å². The van der Waals surface area contributed by atoms with Gasteiger partial charge in [0.1, 0.15) is 17.7 Å². The molecule has 0 fully saturated rings. The lowest BCUT2D eigenvalue weighted by Gasteiger charge is -2.33.